The number of hydrogen-bond acceptors (Lipinski definition) is 2. The van der Waals surface area contributed by atoms with Crippen LogP contribution in [-0.4, -0.2) is 15.3 Å². The molecular weight excluding hydrogens is 276 g/mol. The van der Waals surface area contributed by atoms with Crippen LogP contribution < -0.4 is 0 Å². The molecule has 2 nitrogen and oxygen atoms in total. The van der Waals surface area contributed by atoms with Crippen molar-refractivity contribution in [2.24, 2.45) is 0 Å². The van der Waals surface area contributed by atoms with E-state index < -0.39 is 0 Å². The zero-order valence-corrected chi connectivity index (χ0v) is 14.3. The number of hydrogen-bond donors (Lipinski definition) is 1. The highest BCUT2D eigenvalue weighted by Crippen LogP contribution is 2.19. The van der Waals surface area contributed by atoms with Gasteiger partial charge in [-0.2, -0.15) is 12.6 Å². The summed E-state index contributed by atoms with van der Waals surface area (Å²) in [6, 6.07) is 4.47. The molecule has 0 N–H and O–H groups in total. The van der Waals surface area contributed by atoms with Gasteiger partial charge in [0, 0.05) is 6.54 Å². The molecule has 0 aliphatic carbocycles. The molecule has 0 aliphatic rings. The molecule has 0 amide bonds. The van der Waals surface area contributed by atoms with Gasteiger partial charge in [0.2, 0.25) is 0 Å². The van der Waals surface area contributed by atoms with E-state index in [1.807, 2.05) is 6.33 Å². The maximum Gasteiger partial charge on any atom is 0.0958 e. The van der Waals surface area contributed by atoms with Crippen molar-refractivity contribution >= 4 is 23.7 Å². The number of aryl methyl sites for hydroxylation is 3. The summed E-state index contributed by atoms with van der Waals surface area (Å²) in [6.45, 7) is 5.42. The lowest BCUT2D eigenvalue weighted by atomic mass is 10.1. The molecule has 21 heavy (non-hydrogen) atoms. The molecule has 2 aromatic rings. The monoisotopic (exact) mass is 304 g/mol. The lowest BCUT2D eigenvalue weighted by Gasteiger charge is -2.06. The molecule has 3 heteroatoms. The van der Waals surface area contributed by atoms with Crippen molar-refractivity contribution in [3.05, 3.63) is 29.6 Å². The number of thiol groups is 1. The van der Waals surface area contributed by atoms with E-state index >= 15 is 0 Å². The second-order valence-electron chi connectivity index (χ2n) is 6.06. The molecule has 116 valence electrons. The van der Waals surface area contributed by atoms with Crippen LogP contribution in [0, 0.1) is 13.8 Å². The van der Waals surface area contributed by atoms with Gasteiger partial charge in [-0.3, -0.25) is 0 Å². The molecule has 0 radical (unpaired) electrons. The smallest absolute Gasteiger partial charge is 0.0958 e. The Kier molecular flexibility index (Phi) is 6.62. The molecule has 1 aromatic heterocycles. The van der Waals surface area contributed by atoms with Crippen LogP contribution in [0.4, 0.5) is 0 Å². The third kappa shape index (κ3) is 4.77. The lowest BCUT2D eigenvalue weighted by Crippen LogP contribution is -1.96. The second kappa shape index (κ2) is 8.47. The number of aromatic nitrogens is 2. The molecule has 0 saturated carbocycles. The Morgan fingerprint density at radius 1 is 0.905 bits per heavy atom. The molecule has 0 fully saturated rings. The second-order valence-corrected chi connectivity index (χ2v) is 6.51. The minimum absolute atomic E-state index is 1.03. The number of imidazole rings is 1. The van der Waals surface area contributed by atoms with E-state index in [1.165, 1.54) is 61.6 Å². The molecule has 1 aromatic carbocycles. The molecule has 0 spiro atoms. The Balaban J connectivity index is 1.75. The van der Waals surface area contributed by atoms with Crippen LogP contribution in [-0.2, 0) is 6.54 Å². The van der Waals surface area contributed by atoms with Gasteiger partial charge in [0.1, 0.15) is 0 Å². The molecular formula is C18H28N2S. The average Bonchev–Trinajstić information content (AvgIpc) is 2.85. The van der Waals surface area contributed by atoms with Gasteiger partial charge in [-0.25, -0.2) is 4.98 Å². The van der Waals surface area contributed by atoms with Gasteiger partial charge in [0.25, 0.3) is 0 Å². The van der Waals surface area contributed by atoms with Gasteiger partial charge >= 0.3 is 0 Å². The predicted octanol–water partition coefficient (Wildman–Crippen LogP) is 5.31. The van der Waals surface area contributed by atoms with Crippen molar-refractivity contribution in [1.29, 1.82) is 0 Å². The minimum atomic E-state index is 1.03. The summed E-state index contributed by atoms with van der Waals surface area (Å²) in [5, 5.41) is 0. The van der Waals surface area contributed by atoms with Crippen LogP contribution >= 0.6 is 12.6 Å². The molecule has 2 rings (SSSR count). The van der Waals surface area contributed by atoms with Gasteiger partial charge in [-0.15, -0.1) is 0 Å². The highest BCUT2D eigenvalue weighted by molar-refractivity contribution is 7.80. The first-order valence-electron chi connectivity index (χ1n) is 8.25. The van der Waals surface area contributed by atoms with E-state index in [2.05, 4.69) is 48.2 Å². The van der Waals surface area contributed by atoms with E-state index in [4.69, 9.17) is 0 Å². The van der Waals surface area contributed by atoms with Crippen LogP contribution in [0.15, 0.2) is 18.5 Å². The molecule has 0 bridgehead atoms. The number of unbranched alkanes of at least 4 members (excludes halogenated alkanes) is 6. The first-order valence-corrected chi connectivity index (χ1v) is 8.88. The minimum Gasteiger partial charge on any atom is -0.331 e. The van der Waals surface area contributed by atoms with Crippen molar-refractivity contribution in [2.75, 3.05) is 5.75 Å². The Labute approximate surface area is 134 Å². The maximum atomic E-state index is 4.53. The van der Waals surface area contributed by atoms with E-state index in [0.717, 1.165) is 17.8 Å². The standard InChI is InChI=1S/C18H28N2S/c1-15-12-17-18(13-16(15)2)20(14-19-17)10-8-6-4-3-5-7-9-11-21/h12-14,21H,3-11H2,1-2H3. The number of nitrogens with zero attached hydrogens (tertiary/aromatic N) is 2. The van der Waals surface area contributed by atoms with Crippen molar-refractivity contribution in [3.8, 4) is 0 Å². The van der Waals surface area contributed by atoms with Gasteiger partial charge in [-0.05, 0) is 55.7 Å². The van der Waals surface area contributed by atoms with Gasteiger partial charge in [-0.1, -0.05) is 32.1 Å². The average molecular weight is 305 g/mol. The largest absolute Gasteiger partial charge is 0.331 e. The van der Waals surface area contributed by atoms with E-state index in [9.17, 15) is 0 Å². The number of fused-ring (bicyclic) bond motifs is 1. The molecule has 0 aliphatic heterocycles. The summed E-state index contributed by atoms with van der Waals surface area (Å²) in [4.78, 5) is 4.53. The maximum absolute atomic E-state index is 4.53. The Bertz CT molecular complexity index is 560. The van der Waals surface area contributed by atoms with Crippen molar-refractivity contribution in [2.45, 2.75) is 65.3 Å². The van der Waals surface area contributed by atoms with E-state index in [0.29, 0.717) is 0 Å². The van der Waals surface area contributed by atoms with Gasteiger partial charge < -0.3 is 4.57 Å². The SMILES string of the molecule is Cc1cc2ncn(CCCCCCCCCS)c2cc1C. The van der Waals surface area contributed by atoms with E-state index in [-0.39, 0.29) is 0 Å². The first-order chi connectivity index (χ1) is 10.2. The highest BCUT2D eigenvalue weighted by Gasteiger charge is 2.04. The topological polar surface area (TPSA) is 17.8 Å². The fourth-order valence-corrected chi connectivity index (χ4v) is 2.99. The summed E-state index contributed by atoms with van der Waals surface area (Å²) in [6.07, 6.45) is 11.3. The molecule has 1 heterocycles. The predicted molar refractivity (Wildman–Crippen MR) is 95.4 cm³/mol. The zero-order valence-electron chi connectivity index (χ0n) is 13.4. The third-order valence-corrected chi connectivity index (χ3v) is 4.61. The first kappa shape index (κ1) is 16.4. The van der Waals surface area contributed by atoms with E-state index in [1.54, 1.807) is 0 Å². The molecule has 0 atom stereocenters. The highest BCUT2D eigenvalue weighted by atomic mass is 32.1. The van der Waals surface area contributed by atoms with Gasteiger partial charge in [0.05, 0.1) is 17.4 Å². The zero-order chi connectivity index (χ0) is 15.1. The fraction of sp³-hybridized carbons (Fsp3) is 0.611. The van der Waals surface area contributed by atoms with Crippen molar-refractivity contribution in [3.63, 3.8) is 0 Å². The number of benzene rings is 1. The van der Waals surface area contributed by atoms with Crippen LogP contribution in [0.2, 0.25) is 0 Å². The van der Waals surface area contributed by atoms with Crippen LogP contribution in [0.25, 0.3) is 11.0 Å². The van der Waals surface area contributed by atoms with Crippen LogP contribution in [0.3, 0.4) is 0 Å². The van der Waals surface area contributed by atoms with Crippen LogP contribution in [0.1, 0.15) is 56.1 Å². The summed E-state index contributed by atoms with van der Waals surface area (Å²) in [5.74, 6) is 1.03. The Morgan fingerprint density at radius 3 is 2.24 bits per heavy atom. The summed E-state index contributed by atoms with van der Waals surface area (Å²) < 4.78 is 2.31. The normalized spacial score (nSPS) is 11.4. The number of rotatable bonds is 9. The molecule has 0 saturated heterocycles. The lowest BCUT2D eigenvalue weighted by molar-refractivity contribution is 0.556. The Morgan fingerprint density at radius 2 is 1.52 bits per heavy atom. The molecule has 0 unspecified atom stereocenters. The quantitative estimate of drug-likeness (QED) is 0.491. The third-order valence-electron chi connectivity index (χ3n) is 4.29. The summed E-state index contributed by atoms with van der Waals surface area (Å²) in [5.41, 5.74) is 5.10. The Hall–Kier alpha value is -0.960. The van der Waals surface area contributed by atoms with Crippen molar-refractivity contribution < 1.29 is 0 Å². The van der Waals surface area contributed by atoms with Crippen molar-refractivity contribution in [1.82, 2.24) is 9.55 Å². The fourth-order valence-electron chi connectivity index (χ4n) is 2.77. The van der Waals surface area contributed by atoms with Crippen LogP contribution in [0.5, 0.6) is 0 Å². The van der Waals surface area contributed by atoms with Gasteiger partial charge in [0.15, 0.2) is 0 Å². The summed E-state index contributed by atoms with van der Waals surface area (Å²) >= 11 is 4.25. The summed E-state index contributed by atoms with van der Waals surface area (Å²) in [7, 11) is 0.